The lowest BCUT2D eigenvalue weighted by Crippen LogP contribution is -2.44. The molecule has 1 aromatic heterocycles. The molecule has 114 valence electrons. The van der Waals surface area contributed by atoms with Crippen LogP contribution in [0.1, 0.15) is 44.3 Å². The van der Waals surface area contributed by atoms with Crippen LogP contribution < -0.4 is 21.5 Å². The molecule has 1 aliphatic heterocycles. The molecule has 0 aromatic carbocycles. The van der Waals surface area contributed by atoms with Gasteiger partial charge in [-0.05, 0) is 25.7 Å². The van der Waals surface area contributed by atoms with Gasteiger partial charge in [0.2, 0.25) is 5.91 Å². The summed E-state index contributed by atoms with van der Waals surface area (Å²) in [4.78, 5) is 22.5. The van der Waals surface area contributed by atoms with Crippen molar-refractivity contribution >= 4 is 17.5 Å². The number of carbonyl (C=O) groups is 1. The van der Waals surface area contributed by atoms with E-state index in [1.807, 2.05) is 6.07 Å². The predicted octanol–water partition coefficient (Wildman–Crippen LogP) is 0.744. The molecule has 1 saturated heterocycles. The molecule has 2 fully saturated rings. The first-order valence-electron chi connectivity index (χ1n) is 7.53. The number of rotatable bonds is 4. The van der Waals surface area contributed by atoms with Crippen LogP contribution in [0, 0.1) is 0 Å². The van der Waals surface area contributed by atoms with Crippen molar-refractivity contribution in [1.29, 1.82) is 0 Å². The number of nitrogen functional groups attached to an aromatic ring is 1. The van der Waals surface area contributed by atoms with Gasteiger partial charge in [0, 0.05) is 38.0 Å². The van der Waals surface area contributed by atoms with Gasteiger partial charge in [0.05, 0.1) is 0 Å². The third-order valence-electron chi connectivity index (χ3n) is 4.05. The zero-order valence-electron chi connectivity index (χ0n) is 12.3. The minimum Gasteiger partial charge on any atom is -0.356 e. The van der Waals surface area contributed by atoms with Gasteiger partial charge >= 0.3 is 0 Å². The predicted molar refractivity (Wildman–Crippen MR) is 80.9 cm³/mol. The monoisotopic (exact) mass is 290 g/mol. The number of nitrogens with two attached hydrogens (primary N) is 1. The van der Waals surface area contributed by atoms with E-state index in [9.17, 15) is 4.79 Å². The molecule has 3 rings (SSSR count). The first-order chi connectivity index (χ1) is 10.2. The maximum Gasteiger partial charge on any atom is 0.217 e. The van der Waals surface area contributed by atoms with Crippen LogP contribution >= 0.6 is 0 Å². The fourth-order valence-corrected chi connectivity index (χ4v) is 2.75. The molecule has 0 bridgehead atoms. The van der Waals surface area contributed by atoms with Crippen molar-refractivity contribution in [3.63, 3.8) is 0 Å². The highest BCUT2D eigenvalue weighted by Gasteiger charge is 2.28. The molecule has 21 heavy (non-hydrogen) atoms. The first kappa shape index (κ1) is 14.1. The summed E-state index contributed by atoms with van der Waals surface area (Å²) < 4.78 is 0. The molecule has 0 atom stereocenters. The van der Waals surface area contributed by atoms with Crippen LogP contribution in [0.2, 0.25) is 0 Å². The van der Waals surface area contributed by atoms with Gasteiger partial charge in [-0.2, -0.15) is 0 Å². The number of nitrogens with one attached hydrogen (secondary N) is 2. The molecule has 7 heteroatoms. The number of nitrogens with zero attached hydrogens (tertiary/aromatic N) is 3. The summed E-state index contributed by atoms with van der Waals surface area (Å²) in [5, 5.41) is 2.99. The Hall–Kier alpha value is -1.89. The lowest BCUT2D eigenvalue weighted by atomic mass is 10.1. The van der Waals surface area contributed by atoms with Crippen molar-refractivity contribution in [3.8, 4) is 0 Å². The largest absolute Gasteiger partial charge is 0.356 e. The lowest BCUT2D eigenvalue weighted by Gasteiger charge is -2.33. The second kappa shape index (κ2) is 5.85. The smallest absolute Gasteiger partial charge is 0.217 e. The highest BCUT2D eigenvalue weighted by Crippen LogP contribution is 2.39. The van der Waals surface area contributed by atoms with Gasteiger partial charge in [-0.1, -0.05) is 0 Å². The summed E-state index contributed by atoms with van der Waals surface area (Å²) in [6.45, 7) is 3.34. The number of hydrogen-bond donors (Lipinski definition) is 3. The standard InChI is InChI=1S/C14H22N6O/c1-9(21)16-11-4-6-20(7-5-11)13-8-12(19-15)17-14(18-13)10-2-3-10/h8,10-11H,2-7,15H2,1H3,(H,16,21)(H,17,18,19). The second-order valence-corrected chi connectivity index (χ2v) is 5.85. The van der Waals surface area contributed by atoms with Crippen LogP contribution in [0.5, 0.6) is 0 Å². The maximum absolute atomic E-state index is 11.1. The summed E-state index contributed by atoms with van der Waals surface area (Å²) in [5.74, 6) is 8.54. The summed E-state index contributed by atoms with van der Waals surface area (Å²) in [6.07, 6.45) is 4.21. The van der Waals surface area contributed by atoms with Crippen LogP contribution in [0.3, 0.4) is 0 Å². The molecule has 4 N–H and O–H groups in total. The van der Waals surface area contributed by atoms with E-state index in [0.29, 0.717) is 11.7 Å². The summed E-state index contributed by atoms with van der Waals surface area (Å²) in [5.41, 5.74) is 2.63. The number of hydrazine groups is 1. The number of piperidine rings is 1. The van der Waals surface area contributed by atoms with Crippen molar-refractivity contribution < 1.29 is 4.79 Å². The number of amides is 1. The molecule has 0 spiro atoms. The zero-order chi connectivity index (χ0) is 14.8. The Bertz CT molecular complexity index is 522. The Kier molecular flexibility index (Phi) is 3.92. The second-order valence-electron chi connectivity index (χ2n) is 5.85. The maximum atomic E-state index is 11.1. The molecule has 0 radical (unpaired) electrons. The number of carbonyl (C=O) groups excluding carboxylic acids is 1. The molecular formula is C14H22N6O. The average Bonchev–Trinajstić information content (AvgIpc) is 3.31. The molecule has 1 amide bonds. The lowest BCUT2D eigenvalue weighted by molar-refractivity contribution is -0.119. The summed E-state index contributed by atoms with van der Waals surface area (Å²) >= 11 is 0. The van der Waals surface area contributed by atoms with Crippen molar-refractivity contribution in [2.24, 2.45) is 5.84 Å². The van der Waals surface area contributed by atoms with Gasteiger partial charge in [-0.25, -0.2) is 15.8 Å². The highest BCUT2D eigenvalue weighted by molar-refractivity contribution is 5.73. The molecule has 0 unspecified atom stereocenters. The number of aromatic nitrogens is 2. The van der Waals surface area contributed by atoms with Gasteiger partial charge in [-0.3, -0.25) is 4.79 Å². The molecule has 1 aliphatic carbocycles. The Morgan fingerprint density at radius 3 is 2.57 bits per heavy atom. The van der Waals surface area contributed by atoms with Crippen LogP contribution in [0.15, 0.2) is 6.07 Å². The van der Waals surface area contributed by atoms with Crippen molar-refractivity contribution in [2.75, 3.05) is 23.4 Å². The third-order valence-corrected chi connectivity index (χ3v) is 4.05. The van der Waals surface area contributed by atoms with Crippen LogP contribution in [0.25, 0.3) is 0 Å². The molecule has 7 nitrogen and oxygen atoms in total. The number of hydrogen-bond acceptors (Lipinski definition) is 6. The molecule has 1 saturated carbocycles. The normalized spacial score (nSPS) is 19.4. The Labute approximate surface area is 124 Å². The van der Waals surface area contributed by atoms with Gasteiger partial charge in [-0.15, -0.1) is 0 Å². The van der Waals surface area contributed by atoms with E-state index in [1.54, 1.807) is 6.92 Å². The fourth-order valence-electron chi connectivity index (χ4n) is 2.75. The van der Waals surface area contributed by atoms with Crippen LogP contribution in [-0.2, 0) is 4.79 Å². The fraction of sp³-hybridized carbons (Fsp3) is 0.643. The quantitative estimate of drug-likeness (QED) is 0.559. The zero-order valence-corrected chi connectivity index (χ0v) is 12.3. The Balaban J connectivity index is 1.69. The molecule has 2 heterocycles. The molecule has 2 aliphatic rings. The van der Waals surface area contributed by atoms with Crippen molar-refractivity contribution in [3.05, 3.63) is 11.9 Å². The molecular weight excluding hydrogens is 268 g/mol. The van der Waals surface area contributed by atoms with Gasteiger partial charge in [0.25, 0.3) is 0 Å². The van der Waals surface area contributed by atoms with Gasteiger partial charge in [0.15, 0.2) is 0 Å². The van der Waals surface area contributed by atoms with Crippen LogP contribution in [0.4, 0.5) is 11.6 Å². The average molecular weight is 290 g/mol. The highest BCUT2D eigenvalue weighted by atomic mass is 16.1. The Morgan fingerprint density at radius 1 is 1.29 bits per heavy atom. The van der Waals surface area contributed by atoms with E-state index in [2.05, 4.69) is 25.6 Å². The third kappa shape index (κ3) is 3.41. The van der Waals surface area contributed by atoms with Crippen LogP contribution in [-0.4, -0.2) is 35.0 Å². The van der Waals surface area contributed by atoms with E-state index in [1.165, 1.54) is 0 Å². The summed E-state index contributed by atoms with van der Waals surface area (Å²) in [6, 6.07) is 2.17. The minimum absolute atomic E-state index is 0.0427. The topological polar surface area (TPSA) is 96.2 Å². The van der Waals surface area contributed by atoms with E-state index in [4.69, 9.17) is 5.84 Å². The van der Waals surface area contributed by atoms with E-state index in [0.717, 1.165) is 50.4 Å². The summed E-state index contributed by atoms with van der Waals surface area (Å²) in [7, 11) is 0. The van der Waals surface area contributed by atoms with Crippen molar-refractivity contribution in [1.82, 2.24) is 15.3 Å². The van der Waals surface area contributed by atoms with Gasteiger partial charge in [0.1, 0.15) is 17.5 Å². The van der Waals surface area contributed by atoms with E-state index in [-0.39, 0.29) is 11.9 Å². The first-order valence-corrected chi connectivity index (χ1v) is 7.53. The SMILES string of the molecule is CC(=O)NC1CCN(c2cc(NN)nc(C3CC3)n2)CC1. The Morgan fingerprint density at radius 2 is 2.00 bits per heavy atom. The minimum atomic E-state index is 0.0427. The van der Waals surface area contributed by atoms with Crippen molar-refractivity contribution in [2.45, 2.75) is 44.6 Å². The molecule has 1 aromatic rings. The van der Waals surface area contributed by atoms with E-state index >= 15 is 0 Å². The van der Waals surface area contributed by atoms with Gasteiger partial charge < -0.3 is 15.6 Å². The number of anilines is 2. The van der Waals surface area contributed by atoms with E-state index < -0.39 is 0 Å².